The molecule has 3 rings (SSSR count). The van der Waals surface area contributed by atoms with Crippen molar-refractivity contribution < 1.29 is 9.53 Å². The van der Waals surface area contributed by atoms with E-state index >= 15 is 0 Å². The molecule has 0 saturated carbocycles. The third-order valence-electron chi connectivity index (χ3n) is 3.78. The van der Waals surface area contributed by atoms with E-state index in [4.69, 9.17) is 21.6 Å². The van der Waals surface area contributed by atoms with E-state index in [0.717, 1.165) is 16.6 Å². The molecule has 5 nitrogen and oxygen atoms in total. The minimum Gasteiger partial charge on any atom is -0.495 e. The van der Waals surface area contributed by atoms with Crippen molar-refractivity contribution in [1.29, 1.82) is 5.26 Å². The van der Waals surface area contributed by atoms with E-state index in [-0.39, 0.29) is 0 Å². The van der Waals surface area contributed by atoms with E-state index in [0.29, 0.717) is 40.4 Å². The van der Waals surface area contributed by atoms with Crippen molar-refractivity contribution in [3.63, 3.8) is 0 Å². The molecule has 0 saturated heterocycles. The van der Waals surface area contributed by atoms with Gasteiger partial charge in [-0.3, -0.25) is 4.79 Å². The predicted octanol–water partition coefficient (Wildman–Crippen LogP) is 4.19. The molecule has 0 amide bonds. The van der Waals surface area contributed by atoms with Crippen LogP contribution in [0.1, 0.15) is 21.6 Å². The van der Waals surface area contributed by atoms with Crippen molar-refractivity contribution in [2.24, 2.45) is 0 Å². The van der Waals surface area contributed by atoms with Crippen LogP contribution >= 0.6 is 11.6 Å². The Labute approximate surface area is 149 Å². The summed E-state index contributed by atoms with van der Waals surface area (Å²) in [6.45, 7) is 0.498. The molecule has 0 atom stereocenters. The highest BCUT2D eigenvalue weighted by Crippen LogP contribution is 2.27. The number of aromatic nitrogens is 1. The number of halogens is 1. The van der Waals surface area contributed by atoms with Crippen molar-refractivity contribution in [2.45, 2.75) is 6.54 Å². The summed E-state index contributed by atoms with van der Waals surface area (Å²) < 4.78 is 5.15. The number of nitrogens with zero attached hydrogens (tertiary/aromatic N) is 2. The van der Waals surface area contributed by atoms with Crippen LogP contribution in [0.25, 0.3) is 10.9 Å². The van der Waals surface area contributed by atoms with Crippen molar-refractivity contribution in [3.8, 4) is 11.8 Å². The van der Waals surface area contributed by atoms with Gasteiger partial charge in [-0.05, 0) is 42.0 Å². The SMILES string of the molecule is COc1ccc(CNc2cc(C=O)nc3ccc(C#N)cc23)cc1Cl. The number of hydrogen-bond donors (Lipinski definition) is 1. The van der Waals surface area contributed by atoms with Crippen molar-refractivity contribution in [3.05, 3.63) is 64.3 Å². The summed E-state index contributed by atoms with van der Waals surface area (Å²) in [5, 5.41) is 13.7. The van der Waals surface area contributed by atoms with Crippen molar-refractivity contribution >= 4 is 34.5 Å². The van der Waals surface area contributed by atoms with Crippen molar-refractivity contribution in [2.75, 3.05) is 12.4 Å². The molecule has 6 heteroatoms. The lowest BCUT2D eigenvalue weighted by Gasteiger charge is -2.12. The molecule has 124 valence electrons. The lowest BCUT2D eigenvalue weighted by molar-refractivity contribution is 0.111. The van der Waals surface area contributed by atoms with Gasteiger partial charge in [0, 0.05) is 17.6 Å². The number of hydrogen-bond acceptors (Lipinski definition) is 5. The summed E-state index contributed by atoms with van der Waals surface area (Å²) in [7, 11) is 1.57. The van der Waals surface area contributed by atoms with Crippen LogP contribution < -0.4 is 10.1 Å². The average Bonchev–Trinajstić information content (AvgIpc) is 2.65. The Kier molecular flexibility index (Phi) is 4.82. The van der Waals surface area contributed by atoms with E-state index in [2.05, 4.69) is 16.4 Å². The molecule has 1 N–H and O–H groups in total. The quantitative estimate of drug-likeness (QED) is 0.697. The molecule has 0 unspecified atom stereocenters. The number of rotatable bonds is 5. The zero-order valence-electron chi connectivity index (χ0n) is 13.4. The molecule has 1 heterocycles. The van der Waals surface area contributed by atoms with Crippen LogP contribution in [-0.4, -0.2) is 18.4 Å². The first-order valence-electron chi connectivity index (χ1n) is 7.51. The van der Waals surface area contributed by atoms with E-state index in [9.17, 15) is 4.79 Å². The van der Waals surface area contributed by atoms with Gasteiger partial charge >= 0.3 is 0 Å². The van der Waals surface area contributed by atoms with Crippen LogP contribution in [0.2, 0.25) is 5.02 Å². The molecular formula is C19H14ClN3O2. The second kappa shape index (κ2) is 7.20. The summed E-state index contributed by atoms with van der Waals surface area (Å²) in [5.41, 5.74) is 3.20. The first-order chi connectivity index (χ1) is 12.1. The maximum atomic E-state index is 11.1. The number of pyridine rings is 1. The molecule has 0 aliphatic heterocycles. The number of fused-ring (bicyclic) bond motifs is 1. The van der Waals surface area contributed by atoms with Gasteiger partial charge in [0.05, 0.1) is 29.3 Å². The highest BCUT2D eigenvalue weighted by atomic mass is 35.5. The summed E-state index contributed by atoms with van der Waals surface area (Å²) >= 11 is 6.15. The Hall–Kier alpha value is -3.10. The molecule has 0 aliphatic rings. The van der Waals surface area contributed by atoms with Crippen LogP contribution in [-0.2, 0) is 6.54 Å². The number of benzene rings is 2. The van der Waals surface area contributed by atoms with Crippen LogP contribution in [0.15, 0.2) is 42.5 Å². The van der Waals surface area contributed by atoms with E-state index in [1.165, 1.54) is 0 Å². The Balaban J connectivity index is 1.95. The summed E-state index contributed by atoms with van der Waals surface area (Å²) in [6.07, 6.45) is 0.701. The van der Waals surface area contributed by atoms with Gasteiger partial charge < -0.3 is 10.1 Å². The summed E-state index contributed by atoms with van der Waals surface area (Å²) in [6, 6.07) is 14.5. The van der Waals surface area contributed by atoms with Crippen molar-refractivity contribution in [1.82, 2.24) is 4.98 Å². The number of nitriles is 1. The molecule has 0 aliphatic carbocycles. The Bertz CT molecular complexity index is 996. The highest BCUT2D eigenvalue weighted by Gasteiger charge is 2.08. The number of carbonyl (C=O) groups is 1. The average molecular weight is 352 g/mol. The first-order valence-corrected chi connectivity index (χ1v) is 7.89. The fraction of sp³-hybridized carbons (Fsp3) is 0.105. The third kappa shape index (κ3) is 3.54. The maximum absolute atomic E-state index is 11.1. The number of aldehydes is 1. The third-order valence-corrected chi connectivity index (χ3v) is 4.07. The zero-order valence-corrected chi connectivity index (χ0v) is 14.2. The van der Waals surface area contributed by atoms with E-state index in [1.807, 2.05) is 12.1 Å². The topological polar surface area (TPSA) is 75.0 Å². The second-order valence-corrected chi connectivity index (χ2v) is 5.79. The Morgan fingerprint density at radius 1 is 1.28 bits per heavy atom. The molecule has 0 spiro atoms. The van der Waals surface area contributed by atoms with Gasteiger partial charge in [0.25, 0.3) is 0 Å². The normalized spacial score (nSPS) is 10.3. The molecule has 3 aromatic rings. The van der Waals surface area contributed by atoms with Gasteiger partial charge in [0.15, 0.2) is 6.29 Å². The minimum atomic E-state index is 0.326. The molecule has 25 heavy (non-hydrogen) atoms. The molecule has 0 radical (unpaired) electrons. The van der Waals surface area contributed by atoms with Crippen LogP contribution in [0.4, 0.5) is 5.69 Å². The summed E-state index contributed by atoms with van der Waals surface area (Å²) in [4.78, 5) is 15.4. The number of carbonyl (C=O) groups excluding carboxylic acids is 1. The highest BCUT2D eigenvalue weighted by molar-refractivity contribution is 6.32. The Morgan fingerprint density at radius 3 is 2.80 bits per heavy atom. The Morgan fingerprint density at radius 2 is 2.12 bits per heavy atom. The van der Waals surface area contributed by atoms with E-state index in [1.54, 1.807) is 37.4 Å². The molecule has 1 aromatic heterocycles. The monoisotopic (exact) mass is 351 g/mol. The number of nitrogens with one attached hydrogen (secondary N) is 1. The van der Waals surface area contributed by atoms with Gasteiger partial charge in [0.1, 0.15) is 11.4 Å². The molecule has 0 bridgehead atoms. The standard InChI is InChI=1S/C19H14ClN3O2/c1-25-19-5-3-13(7-16(19)20)10-22-18-8-14(11-24)23-17-4-2-12(9-21)6-15(17)18/h2-8,11H,10H2,1H3,(H,22,23). The number of methoxy groups -OCH3 is 1. The van der Waals surface area contributed by atoms with Crippen LogP contribution in [0, 0.1) is 11.3 Å². The van der Waals surface area contributed by atoms with E-state index < -0.39 is 0 Å². The van der Waals surface area contributed by atoms with Gasteiger partial charge in [-0.1, -0.05) is 17.7 Å². The van der Waals surface area contributed by atoms with Gasteiger partial charge in [-0.2, -0.15) is 5.26 Å². The first kappa shape index (κ1) is 16.7. The largest absolute Gasteiger partial charge is 0.495 e. The fourth-order valence-corrected chi connectivity index (χ4v) is 2.82. The second-order valence-electron chi connectivity index (χ2n) is 5.38. The lowest BCUT2D eigenvalue weighted by Crippen LogP contribution is -2.02. The molecule has 0 fully saturated rings. The summed E-state index contributed by atoms with van der Waals surface area (Å²) in [5.74, 6) is 0.613. The molecular weight excluding hydrogens is 338 g/mol. The van der Waals surface area contributed by atoms with Crippen LogP contribution in [0.3, 0.4) is 0 Å². The fourth-order valence-electron chi connectivity index (χ4n) is 2.54. The van der Waals surface area contributed by atoms with Gasteiger partial charge in [0.2, 0.25) is 0 Å². The lowest BCUT2D eigenvalue weighted by atomic mass is 10.1. The maximum Gasteiger partial charge on any atom is 0.168 e. The smallest absolute Gasteiger partial charge is 0.168 e. The minimum absolute atomic E-state index is 0.326. The van der Waals surface area contributed by atoms with Crippen LogP contribution in [0.5, 0.6) is 5.75 Å². The zero-order chi connectivity index (χ0) is 17.8. The van der Waals surface area contributed by atoms with Gasteiger partial charge in [-0.25, -0.2) is 4.98 Å². The number of ether oxygens (including phenoxy) is 1. The van der Waals surface area contributed by atoms with Gasteiger partial charge in [-0.15, -0.1) is 0 Å². The molecule has 2 aromatic carbocycles. The predicted molar refractivity (Wildman–Crippen MR) is 97.2 cm³/mol. The number of anilines is 1.